The number of unbranched alkanes of at least 4 members (excludes halogenated alkanes) is 6. The van der Waals surface area contributed by atoms with Crippen molar-refractivity contribution in [1.29, 1.82) is 0 Å². The molecule has 288 valence electrons. The van der Waals surface area contributed by atoms with Gasteiger partial charge in [0.25, 0.3) is 0 Å². The van der Waals surface area contributed by atoms with E-state index in [1.54, 1.807) is 0 Å². The smallest absolute Gasteiger partial charge is 0.309 e. The minimum absolute atomic E-state index is 0.00190. The molecule has 0 radical (unpaired) electrons. The van der Waals surface area contributed by atoms with Crippen LogP contribution in [0.15, 0.2) is 0 Å². The molecule has 0 saturated heterocycles. The van der Waals surface area contributed by atoms with Crippen LogP contribution in [0.5, 0.6) is 0 Å². The maximum Gasteiger partial charge on any atom is 0.309 e. The molecule has 0 N–H and O–H groups in total. The molecule has 5 rings (SSSR count). The first-order chi connectivity index (χ1) is 24.5. The Kier molecular flexibility index (Phi) is 17.8. The van der Waals surface area contributed by atoms with Gasteiger partial charge in [-0.2, -0.15) is 0 Å². The van der Waals surface area contributed by atoms with Gasteiger partial charge in [0.1, 0.15) is 12.7 Å². The van der Waals surface area contributed by atoms with Gasteiger partial charge in [0.05, 0.1) is 11.8 Å². The standard InChI is InChI=1S/C46H80O4/c1-3-5-7-10-14-35-18-22-37(23-19-35)39-26-30-42(31-27-39)45(47)49-34-44(41-16-12-9-13-17-41)50-46(48)43-32-28-40(29-33-43)38-24-20-36(21-25-38)15-11-8-6-4-2/h35-44H,3-34H2,1-2H3. The summed E-state index contributed by atoms with van der Waals surface area (Å²) in [5.74, 6) is 5.70. The predicted octanol–water partition coefficient (Wildman–Crippen LogP) is 13.2. The molecule has 0 spiro atoms. The first kappa shape index (κ1) is 40.1. The van der Waals surface area contributed by atoms with E-state index in [1.165, 1.54) is 161 Å². The van der Waals surface area contributed by atoms with Crippen molar-refractivity contribution in [2.75, 3.05) is 6.61 Å². The lowest BCUT2D eigenvalue weighted by Gasteiger charge is -2.38. The number of hydrogen-bond donors (Lipinski definition) is 0. The highest BCUT2D eigenvalue weighted by atomic mass is 16.6. The molecule has 4 nitrogen and oxygen atoms in total. The number of hydrogen-bond acceptors (Lipinski definition) is 4. The zero-order valence-corrected chi connectivity index (χ0v) is 33.0. The fraction of sp³-hybridized carbons (Fsp3) is 0.957. The summed E-state index contributed by atoms with van der Waals surface area (Å²) in [5.41, 5.74) is 0. The number of carbonyl (C=O) groups excluding carboxylic acids is 2. The van der Waals surface area contributed by atoms with Gasteiger partial charge in [-0.25, -0.2) is 0 Å². The van der Waals surface area contributed by atoms with E-state index in [-0.39, 0.29) is 36.5 Å². The molecule has 5 aliphatic carbocycles. The third-order valence-corrected chi connectivity index (χ3v) is 15.1. The Hall–Kier alpha value is -1.06. The van der Waals surface area contributed by atoms with Crippen LogP contribution in [0, 0.1) is 53.3 Å². The molecule has 0 heterocycles. The van der Waals surface area contributed by atoms with E-state index < -0.39 is 0 Å². The summed E-state index contributed by atoms with van der Waals surface area (Å²) < 4.78 is 12.4. The van der Waals surface area contributed by atoms with Crippen molar-refractivity contribution < 1.29 is 19.1 Å². The molecule has 0 aromatic carbocycles. The molecule has 5 saturated carbocycles. The van der Waals surface area contributed by atoms with Gasteiger partial charge >= 0.3 is 11.9 Å². The summed E-state index contributed by atoms with van der Waals surface area (Å²) in [6, 6.07) is 0. The summed E-state index contributed by atoms with van der Waals surface area (Å²) in [5, 5.41) is 0. The Balaban J connectivity index is 0.996. The lowest BCUT2D eigenvalue weighted by Crippen LogP contribution is -2.38. The molecule has 0 aromatic rings. The second-order valence-corrected chi connectivity index (χ2v) is 18.5. The molecule has 1 unspecified atom stereocenters. The van der Waals surface area contributed by atoms with Crippen molar-refractivity contribution in [1.82, 2.24) is 0 Å². The summed E-state index contributed by atoms with van der Waals surface area (Å²) in [7, 11) is 0. The maximum absolute atomic E-state index is 13.6. The first-order valence-electron chi connectivity index (χ1n) is 22.9. The van der Waals surface area contributed by atoms with Gasteiger partial charge in [-0.15, -0.1) is 0 Å². The molecule has 1 atom stereocenters. The predicted molar refractivity (Wildman–Crippen MR) is 207 cm³/mol. The molecule has 5 fully saturated rings. The van der Waals surface area contributed by atoms with Gasteiger partial charge in [-0.3, -0.25) is 9.59 Å². The lowest BCUT2D eigenvalue weighted by molar-refractivity contribution is -0.170. The Morgan fingerprint density at radius 3 is 1.34 bits per heavy atom. The molecule has 4 heteroatoms. The van der Waals surface area contributed by atoms with Crippen molar-refractivity contribution >= 4 is 11.9 Å². The van der Waals surface area contributed by atoms with Crippen LogP contribution in [0.3, 0.4) is 0 Å². The van der Waals surface area contributed by atoms with E-state index in [1.807, 2.05) is 0 Å². The largest absolute Gasteiger partial charge is 0.462 e. The van der Waals surface area contributed by atoms with E-state index in [2.05, 4.69) is 13.8 Å². The summed E-state index contributed by atoms with van der Waals surface area (Å²) in [4.78, 5) is 27.0. The van der Waals surface area contributed by atoms with Crippen LogP contribution in [-0.4, -0.2) is 24.6 Å². The average molecular weight is 697 g/mol. The van der Waals surface area contributed by atoms with Crippen molar-refractivity contribution in [2.24, 2.45) is 53.3 Å². The monoisotopic (exact) mass is 697 g/mol. The highest BCUT2D eigenvalue weighted by molar-refractivity contribution is 5.73. The van der Waals surface area contributed by atoms with Gasteiger partial charge in [0.2, 0.25) is 0 Å². The summed E-state index contributed by atoms with van der Waals surface area (Å²) in [6.07, 6.45) is 39.7. The molecule has 5 aliphatic rings. The number of esters is 2. The van der Waals surface area contributed by atoms with Crippen molar-refractivity contribution in [3.63, 3.8) is 0 Å². The minimum Gasteiger partial charge on any atom is -0.462 e. The Bertz CT molecular complexity index is 924. The van der Waals surface area contributed by atoms with Crippen molar-refractivity contribution in [3.05, 3.63) is 0 Å². The lowest BCUT2D eigenvalue weighted by atomic mass is 9.68. The molecule has 0 aromatic heterocycles. The quantitative estimate of drug-likeness (QED) is 0.106. The fourth-order valence-corrected chi connectivity index (χ4v) is 11.6. The summed E-state index contributed by atoms with van der Waals surface area (Å²) >= 11 is 0. The number of ether oxygens (including phenoxy) is 2. The molecule has 0 bridgehead atoms. The SMILES string of the molecule is CCCCCCC1CCC(C2CCC(C(=O)OCC(OC(=O)C3CCC(C4CCC(CCCCCC)CC4)CC3)C3CCCCC3)CC2)CC1. The van der Waals surface area contributed by atoms with E-state index in [0.29, 0.717) is 5.92 Å². The Morgan fingerprint density at radius 2 is 0.900 bits per heavy atom. The summed E-state index contributed by atoms with van der Waals surface area (Å²) in [6.45, 7) is 4.88. The Morgan fingerprint density at radius 1 is 0.480 bits per heavy atom. The topological polar surface area (TPSA) is 52.6 Å². The third kappa shape index (κ3) is 12.8. The molecule has 50 heavy (non-hydrogen) atoms. The van der Waals surface area contributed by atoms with Crippen LogP contribution >= 0.6 is 0 Å². The van der Waals surface area contributed by atoms with Gasteiger partial charge < -0.3 is 9.47 Å². The van der Waals surface area contributed by atoms with E-state index in [9.17, 15) is 9.59 Å². The maximum atomic E-state index is 13.6. The molecule has 0 amide bonds. The fourth-order valence-electron chi connectivity index (χ4n) is 11.6. The van der Waals surface area contributed by atoms with Gasteiger partial charge in [-0.05, 0) is 131 Å². The van der Waals surface area contributed by atoms with Gasteiger partial charge in [0, 0.05) is 0 Å². The van der Waals surface area contributed by atoms with Gasteiger partial charge in [0.15, 0.2) is 0 Å². The second kappa shape index (κ2) is 22.2. The number of carbonyl (C=O) groups is 2. The zero-order valence-electron chi connectivity index (χ0n) is 33.0. The van der Waals surface area contributed by atoms with Crippen LogP contribution < -0.4 is 0 Å². The molecular formula is C46H80O4. The van der Waals surface area contributed by atoms with Gasteiger partial charge in [-0.1, -0.05) is 123 Å². The van der Waals surface area contributed by atoms with E-state index >= 15 is 0 Å². The van der Waals surface area contributed by atoms with Crippen molar-refractivity contribution in [2.45, 2.75) is 219 Å². The minimum atomic E-state index is -0.259. The normalized spacial score (nSPS) is 33.4. The molecular weight excluding hydrogens is 617 g/mol. The highest BCUT2D eigenvalue weighted by Gasteiger charge is 2.37. The zero-order chi connectivity index (χ0) is 35.0. The van der Waals surface area contributed by atoms with Crippen LogP contribution in [0.25, 0.3) is 0 Å². The third-order valence-electron chi connectivity index (χ3n) is 15.1. The first-order valence-corrected chi connectivity index (χ1v) is 22.9. The Labute approximate surface area is 309 Å². The highest BCUT2D eigenvalue weighted by Crippen LogP contribution is 2.44. The van der Waals surface area contributed by atoms with Crippen LogP contribution in [0.1, 0.15) is 213 Å². The van der Waals surface area contributed by atoms with E-state index in [0.717, 1.165) is 74.0 Å². The second-order valence-electron chi connectivity index (χ2n) is 18.5. The van der Waals surface area contributed by atoms with Crippen LogP contribution in [0.4, 0.5) is 0 Å². The van der Waals surface area contributed by atoms with Crippen LogP contribution in [-0.2, 0) is 19.1 Å². The average Bonchev–Trinajstić information content (AvgIpc) is 3.17. The van der Waals surface area contributed by atoms with E-state index in [4.69, 9.17) is 9.47 Å². The van der Waals surface area contributed by atoms with Crippen LogP contribution in [0.2, 0.25) is 0 Å². The number of rotatable bonds is 18. The molecule has 0 aliphatic heterocycles. The van der Waals surface area contributed by atoms with Crippen molar-refractivity contribution in [3.8, 4) is 0 Å².